The Labute approximate surface area is 50.8 Å². The molecule has 48 valence electrons. The van der Waals surface area contributed by atoms with Crippen LogP contribution in [0.25, 0.3) is 0 Å². The molecule has 0 saturated carbocycles. The number of Topliss-reactive ketones (excluding diaryl/α,β-unsaturated/α-hetero) is 2. The van der Waals surface area contributed by atoms with Gasteiger partial charge in [-0.05, 0) is 6.92 Å². The van der Waals surface area contributed by atoms with Crippen molar-refractivity contribution in [3.63, 3.8) is 0 Å². The highest BCUT2D eigenvalue weighted by molar-refractivity contribution is 6.65. The first-order chi connectivity index (χ1) is 4.13. The third kappa shape index (κ3) is 0.718. The molecule has 1 saturated heterocycles. The minimum atomic E-state index is -1.04. The highest BCUT2D eigenvalue weighted by Crippen LogP contribution is 2.04. The molecule has 1 fully saturated rings. The van der Waals surface area contributed by atoms with E-state index in [4.69, 9.17) is 0 Å². The molecule has 0 aromatic carbocycles. The number of carbonyl (C=O) groups is 3. The number of ketones is 2. The molecule has 1 aliphatic rings. The van der Waals surface area contributed by atoms with E-state index < -0.39 is 23.6 Å². The van der Waals surface area contributed by atoms with Crippen LogP contribution in [0, 0.1) is 0 Å². The van der Waals surface area contributed by atoms with Gasteiger partial charge in [-0.2, -0.15) is 0 Å². The third-order valence-electron chi connectivity index (χ3n) is 1.06. The molecule has 0 aliphatic carbocycles. The van der Waals surface area contributed by atoms with E-state index in [0.717, 1.165) is 0 Å². The van der Waals surface area contributed by atoms with Crippen LogP contribution in [0.5, 0.6) is 0 Å². The maximum Gasteiger partial charge on any atom is 0.383 e. The standard InChI is InChI=1S/C5H4O4/c1-2-3(6)4(7)5(8)9-2/h2H,1H3/t2-/m0/s1. The second kappa shape index (κ2) is 1.65. The van der Waals surface area contributed by atoms with E-state index in [1.54, 1.807) is 0 Å². The first-order valence-corrected chi connectivity index (χ1v) is 2.42. The Morgan fingerprint density at radius 3 is 2.00 bits per heavy atom. The molecule has 0 bridgehead atoms. The molecule has 1 rings (SSSR count). The lowest BCUT2D eigenvalue weighted by Gasteiger charge is -1.92. The Morgan fingerprint density at radius 2 is 1.89 bits per heavy atom. The van der Waals surface area contributed by atoms with E-state index in [1.807, 2.05) is 0 Å². The minimum absolute atomic E-state index is 0.750. The van der Waals surface area contributed by atoms with E-state index >= 15 is 0 Å². The Hall–Kier alpha value is -1.19. The molecule has 4 nitrogen and oxygen atoms in total. The van der Waals surface area contributed by atoms with Gasteiger partial charge in [0.05, 0.1) is 0 Å². The molecule has 0 unspecified atom stereocenters. The average Bonchev–Trinajstić information content (AvgIpc) is 1.98. The molecule has 0 radical (unpaired) electrons. The predicted octanol–water partition coefficient (Wildman–Crippen LogP) is -0.930. The van der Waals surface area contributed by atoms with Gasteiger partial charge in [0, 0.05) is 0 Å². The van der Waals surface area contributed by atoms with Crippen LogP contribution in [-0.4, -0.2) is 23.6 Å². The number of hydrogen-bond donors (Lipinski definition) is 0. The molecular formula is C5H4O4. The van der Waals surface area contributed by atoms with E-state index in [2.05, 4.69) is 4.74 Å². The largest absolute Gasteiger partial charge is 0.448 e. The molecule has 9 heavy (non-hydrogen) atoms. The van der Waals surface area contributed by atoms with Crippen molar-refractivity contribution in [1.82, 2.24) is 0 Å². The number of rotatable bonds is 0. The maximum atomic E-state index is 10.4. The highest BCUT2D eigenvalue weighted by atomic mass is 16.6. The Bertz CT molecular complexity index is 193. The van der Waals surface area contributed by atoms with Crippen molar-refractivity contribution in [3.8, 4) is 0 Å². The van der Waals surface area contributed by atoms with Gasteiger partial charge in [-0.3, -0.25) is 9.59 Å². The summed E-state index contributed by atoms with van der Waals surface area (Å²) >= 11 is 0. The van der Waals surface area contributed by atoms with Crippen molar-refractivity contribution in [1.29, 1.82) is 0 Å². The van der Waals surface area contributed by atoms with Crippen molar-refractivity contribution in [2.24, 2.45) is 0 Å². The highest BCUT2D eigenvalue weighted by Gasteiger charge is 2.38. The van der Waals surface area contributed by atoms with Crippen LogP contribution in [0.4, 0.5) is 0 Å². The first kappa shape index (κ1) is 5.94. The van der Waals surface area contributed by atoms with Crippen molar-refractivity contribution >= 4 is 17.5 Å². The van der Waals surface area contributed by atoms with E-state index in [-0.39, 0.29) is 0 Å². The van der Waals surface area contributed by atoms with Gasteiger partial charge in [0.25, 0.3) is 5.78 Å². The van der Waals surface area contributed by atoms with Gasteiger partial charge >= 0.3 is 11.8 Å². The number of esters is 1. The van der Waals surface area contributed by atoms with E-state index in [9.17, 15) is 14.4 Å². The van der Waals surface area contributed by atoms with Crippen LogP contribution < -0.4 is 0 Å². The Morgan fingerprint density at radius 1 is 1.33 bits per heavy atom. The summed E-state index contributed by atoms with van der Waals surface area (Å²) in [6.45, 7) is 1.37. The van der Waals surface area contributed by atoms with Crippen LogP contribution in [-0.2, 0) is 19.1 Å². The minimum Gasteiger partial charge on any atom is -0.448 e. The summed E-state index contributed by atoms with van der Waals surface area (Å²) in [7, 11) is 0. The van der Waals surface area contributed by atoms with E-state index in [1.165, 1.54) is 6.92 Å². The third-order valence-corrected chi connectivity index (χ3v) is 1.06. The second-order valence-corrected chi connectivity index (χ2v) is 1.74. The van der Waals surface area contributed by atoms with Crippen LogP contribution in [0.3, 0.4) is 0 Å². The summed E-state index contributed by atoms with van der Waals surface area (Å²) in [5, 5.41) is 0. The molecule has 1 atom stereocenters. The number of carbonyl (C=O) groups excluding carboxylic acids is 3. The maximum absolute atomic E-state index is 10.4. The predicted molar refractivity (Wildman–Crippen MR) is 25.6 cm³/mol. The normalized spacial score (nSPS) is 26.8. The number of cyclic esters (lactones) is 1. The molecule has 0 amide bonds. The van der Waals surface area contributed by atoms with Gasteiger partial charge in [0.2, 0.25) is 0 Å². The summed E-state index contributed by atoms with van der Waals surface area (Å²) in [6, 6.07) is 0. The second-order valence-electron chi connectivity index (χ2n) is 1.74. The zero-order valence-corrected chi connectivity index (χ0v) is 4.71. The lowest BCUT2D eigenvalue weighted by atomic mass is 10.2. The van der Waals surface area contributed by atoms with Gasteiger partial charge in [0.1, 0.15) is 0 Å². The molecule has 0 aromatic heterocycles. The molecule has 1 heterocycles. The van der Waals surface area contributed by atoms with Crippen molar-refractivity contribution in [3.05, 3.63) is 0 Å². The first-order valence-electron chi connectivity index (χ1n) is 2.42. The fraction of sp³-hybridized carbons (Fsp3) is 0.400. The van der Waals surface area contributed by atoms with Gasteiger partial charge in [0.15, 0.2) is 6.10 Å². The molecule has 4 heteroatoms. The van der Waals surface area contributed by atoms with Crippen LogP contribution >= 0.6 is 0 Å². The van der Waals surface area contributed by atoms with Crippen molar-refractivity contribution in [2.45, 2.75) is 13.0 Å². The summed E-state index contributed by atoms with van der Waals surface area (Å²) < 4.78 is 4.25. The topological polar surface area (TPSA) is 60.4 Å². The fourth-order valence-corrected chi connectivity index (χ4v) is 0.553. The Balaban J connectivity index is 2.90. The molecular weight excluding hydrogens is 124 g/mol. The monoisotopic (exact) mass is 128 g/mol. The fourth-order valence-electron chi connectivity index (χ4n) is 0.553. The van der Waals surface area contributed by atoms with Gasteiger partial charge in [-0.25, -0.2) is 4.79 Å². The molecule has 0 spiro atoms. The lowest BCUT2D eigenvalue weighted by Crippen LogP contribution is -2.16. The zero-order valence-electron chi connectivity index (χ0n) is 4.71. The van der Waals surface area contributed by atoms with Crippen LogP contribution in [0.2, 0.25) is 0 Å². The number of ether oxygens (including phenoxy) is 1. The summed E-state index contributed by atoms with van der Waals surface area (Å²) in [6.07, 6.45) is -0.870. The molecule has 1 aliphatic heterocycles. The van der Waals surface area contributed by atoms with Gasteiger partial charge < -0.3 is 4.74 Å². The lowest BCUT2D eigenvalue weighted by molar-refractivity contribution is -0.148. The van der Waals surface area contributed by atoms with Crippen LogP contribution in [0.1, 0.15) is 6.92 Å². The smallest absolute Gasteiger partial charge is 0.383 e. The van der Waals surface area contributed by atoms with Crippen molar-refractivity contribution < 1.29 is 19.1 Å². The summed E-state index contributed by atoms with van der Waals surface area (Å²) in [4.78, 5) is 30.9. The summed E-state index contributed by atoms with van der Waals surface area (Å²) in [5.74, 6) is -2.82. The summed E-state index contributed by atoms with van der Waals surface area (Å²) in [5.41, 5.74) is 0. The molecule has 0 N–H and O–H groups in total. The van der Waals surface area contributed by atoms with Gasteiger partial charge in [-0.15, -0.1) is 0 Å². The Kier molecular flexibility index (Phi) is 1.09. The molecule has 0 aromatic rings. The number of hydrogen-bond acceptors (Lipinski definition) is 4. The van der Waals surface area contributed by atoms with Gasteiger partial charge in [-0.1, -0.05) is 0 Å². The van der Waals surface area contributed by atoms with E-state index in [0.29, 0.717) is 0 Å². The quantitative estimate of drug-likeness (QED) is 0.312. The average molecular weight is 128 g/mol. The SMILES string of the molecule is C[C@@H]1OC(=O)C(=O)C1=O. The van der Waals surface area contributed by atoms with Crippen molar-refractivity contribution in [2.75, 3.05) is 0 Å². The van der Waals surface area contributed by atoms with Crippen LogP contribution in [0.15, 0.2) is 0 Å². The zero-order chi connectivity index (χ0) is 7.02.